The molecule has 0 fully saturated rings. The summed E-state index contributed by atoms with van der Waals surface area (Å²) in [6.07, 6.45) is -0.433. The van der Waals surface area contributed by atoms with Gasteiger partial charge < -0.3 is 15.4 Å². The van der Waals surface area contributed by atoms with Gasteiger partial charge in [0.05, 0.1) is 5.69 Å². The van der Waals surface area contributed by atoms with Crippen LogP contribution in [0.25, 0.3) is 0 Å². The molecule has 1 aliphatic heterocycles. The van der Waals surface area contributed by atoms with E-state index in [9.17, 15) is 4.79 Å². The lowest BCUT2D eigenvalue weighted by molar-refractivity contribution is -0.122. The molecule has 2 aromatic rings. The zero-order valence-electron chi connectivity index (χ0n) is 10.5. The molecule has 1 amide bonds. The minimum absolute atomic E-state index is 0.109. The third-order valence-corrected chi connectivity index (χ3v) is 3.72. The summed E-state index contributed by atoms with van der Waals surface area (Å²) >= 11 is 1.68. The Hall–Kier alpha value is -2.01. The second-order valence-electron chi connectivity index (χ2n) is 4.45. The molecule has 2 N–H and O–H groups in total. The quantitative estimate of drug-likeness (QED) is 0.904. The van der Waals surface area contributed by atoms with Crippen LogP contribution in [-0.2, 0) is 11.3 Å². The van der Waals surface area contributed by atoms with E-state index in [1.807, 2.05) is 18.2 Å². The maximum absolute atomic E-state index is 11.6. The number of hydrogen-bond donors (Lipinski definition) is 2. The maximum atomic E-state index is 11.6. The first-order valence-electron chi connectivity index (χ1n) is 6.09. The van der Waals surface area contributed by atoms with E-state index in [1.54, 1.807) is 18.3 Å². The van der Waals surface area contributed by atoms with Gasteiger partial charge in [0.2, 0.25) is 0 Å². The molecule has 1 unspecified atom stereocenters. The summed E-state index contributed by atoms with van der Waals surface area (Å²) in [7, 11) is 0. The number of amides is 1. The third kappa shape index (κ3) is 2.56. The van der Waals surface area contributed by atoms with Gasteiger partial charge in [-0.05, 0) is 47.5 Å². The number of anilines is 2. The van der Waals surface area contributed by atoms with Gasteiger partial charge in [0, 0.05) is 12.2 Å². The molecule has 0 radical (unpaired) electrons. The number of carbonyl (C=O) groups is 1. The van der Waals surface area contributed by atoms with Gasteiger partial charge in [-0.2, -0.15) is 11.3 Å². The van der Waals surface area contributed by atoms with E-state index in [-0.39, 0.29) is 5.91 Å². The highest BCUT2D eigenvalue weighted by molar-refractivity contribution is 7.07. The van der Waals surface area contributed by atoms with Crippen LogP contribution in [0.2, 0.25) is 0 Å². The SMILES string of the molecule is CC1Oc2ccc(NCc3ccsc3)cc2NC1=O. The Morgan fingerprint density at radius 3 is 3.11 bits per heavy atom. The Bertz CT molecular complexity index is 595. The molecule has 1 aromatic carbocycles. The smallest absolute Gasteiger partial charge is 0.265 e. The molecule has 98 valence electrons. The number of rotatable bonds is 3. The van der Waals surface area contributed by atoms with Crippen molar-refractivity contribution in [1.29, 1.82) is 0 Å². The second-order valence-corrected chi connectivity index (χ2v) is 5.23. The number of fused-ring (bicyclic) bond motifs is 1. The van der Waals surface area contributed by atoms with Gasteiger partial charge in [-0.3, -0.25) is 4.79 Å². The lowest BCUT2D eigenvalue weighted by Crippen LogP contribution is -2.34. The van der Waals surface area contributed by atoms with Gasteiger partial charge in [-0.25, -0.2) is 0 Å². The van der Waals surface area contributed by atoms with Gasteiger partial charge in [-0.15, -0.1) is 0 Å². The summed E-state index contributed by atoms with van der Waals surface area (Å²) < 4.78 is 5.51. The van der Waals surface area contributed by atoms with E-state index in [4.69, 9.17) is 4.74 Å². The zero-order valence-corrected chi connectivity index (χ0v) is 11.3. The van der Waals surface area contributed by atoms with Crippen LogP contribution in [0.1, 0.15) is 12.5 Å². The highest BCUT2D eigenvalue weighted by Gasteiger charge is 2.23. The topological polar surface area (TPSA) is 50.4 Å². The summed E-state index contributed by atoms with van der Waals surface area (Å²) in [6.45, 7) is 2.51. The number of hydrogen-bond acceptors (Lipinski definition) is 4. The molecule has 19 heavy (non-hydrogen) atoms. The third-order valence-electron chi connectivity index (χ3n) is 2.99. The van der Waals surface area contributed by atoms with Crippen LogP contribution < -0.4 is 15.4 Å². The van der Waals surface area contributed by atoms with Crippen molar-refractivity contribution < 1.29 is 9.53 Å². The molecule has 0 saturated carbocycles. The molecular weight excluding hydrogens is 260 g/mol. The highest BCUT2D eigenvalue weighted by Crippen LogP contribution is 2.32. The Balaban J connectivity index is 1.74. The molecule has 3 rings (SSSR count). The van der Waals surface area contributed by atoms with E-state index in [1.165, 1.54) is 5.56 Å². The Morgan fingerprint density at radius 2 is 2.32 bits per heavy atom. The molecule has 2 heterocycles. The van der Waals surface area contributed by atoms with Gasteiger partial charge >= 0.3 is 0 Å². The minimum atomic E-state index is -0.433. The van der Waals surface area contributed by atoms with Crippen molar-refractivity contribution in [3.8, 4) is 5.75 Å². The molecular formula is C14H14N2O2S. The predicted molar refractivity (Wildman–Crippen MR) is 76.8 cm³/mol. The standard InChI is InChI=1S/C14H14N2O2S/c1-9-14(17)16-12-6-11(2-3-13(12)18-9)15-7-10-4-5-19-8-10/h2-6,8-9,15H,7H2,1H3,(H,16,17). The van der Waals surface area contributed by atoms with E-state index < -0.39 is 6.10 Å². The average molecular weight is 274 g/mol. The summed E-state index contributed by atoms with van der Waals surface area (Å²) in [5.41, 5.74) is 2.93. The van der Waals surface area contributed by atoms with Crippen molar-refractivity contribution in [3.63, 3.8) is 0 Å². The van der Waals surface area contributed by atoms with Crippen molar-refractivity contribution in [1.82, 2.24) is 0 Å². The first kappa shape index (κ1) is 12.0. The van der Waals surface area contributed by atoms with Crippen LogP contribution in [0.5, 0.6) is 5.75 Å². The summed E-state index contributed by atoms with van der Waals surface area (Å²) in [5.74, 6) is 0.607. The molecule has 0 saturated heterocycles. The predicted octanol–water partition coefficient (Wildman–Crippen LogP) is 3.08. The fourth-order valence-corrected chi connectivity index (χ4v) is 2.58. The van der Waals surface area contributed by atoms with Crippen LogP contribution in [0.15, 0.2) is 35.0 Å². The van der Waals surface area contributed by atoms with Crippen molar-refractivity contribution in [2.75, 3.05) is 10.6 Å². The van der Waals surface area contributed by atoms with Crippen molar-refractivity contribution in [2.24, 2.45) is 0 Å². The lowest BCUT2D eigenvalue weighted by atomic mass is 10.2. The van der Waals surface area contributed by atoms with Crippen LogP contribution in [0.3, 0.4) is 0 Å². The summed E-state index contributed by atoms with van der Waals surface area (Å²) in [5, 5.41) is 10.3. The van der Waals surface area contributed by atoms with Crippen LogP contribution in [0.4, 0.5) is 11.4 Å². The molecule has 4 nitrogen and oxygen atoms in total. The van der Waals surface area contributed by atoms with E-state index in [0.717, 1.165) is 17.9 Å². The number of ether oxygens (including phenoxy) is 1. The molecule has 5 heteroatoms. The summed E-state index contributed by atoms with van der Waals surface area (Å²) in [4.78, 5) is 11.6. The fourth-order valence-electron chi connectivity index (χ4n) is 1.92. The monoisotopic (exact) mass is 274 g/mol. The number of thiophene rings is 1. The maximum Gasteiger partial charge on any atom is 0.265 e. The van der Waals surface area contributed by atoms with Gasteiger partial charge in [0.15, 0.2) is 6.10 Å². The molecule has 1 aromatic heterocycles. The molecule has 1 aliphatic rings. The van der Waals surface area contributed by atoms with Crippen LogP contribution in [-0.4, -0.2) is 12.0 Å². The number of carbonyl (C=O) groups excluding carboxylic acids is 1. The van der Waals surface area contributed by atoms with Crippen molar-refractivity contribution in [3.05, 3.63) is 40.6 Å². The van der Waals surface area contributed by atoms with E-state index >= 15 is 0 Å². The van der Waals surface area contributed by atoms with Gasteiger partial charge in [0.25, 0.3) is 5.91 Å². The highest BCUT2D eigenvalue weighted by atomic mass is 32.1. The lowest BCUT2D eigenvalue weighted by Gasteiger charge is -2.23. The fraction of sp³-hybridized carbons (Fsp3) is 0.214. The first-order chi connectivity index (χ1) is 9.22. The van der Waals surface area contributed by atoms with Crippen molar-refractivity contribution in [2.45, 2.75) is 19.6 Å². The van der Waals surface area contributed by atoms with Crippen LogP contribution in [0, 0.1) is 0 Å². The Kier molecular flexibility index (Phi) is 3.13. The Morgan fingerprint density at radius 1 is 1.42 bits per heavy atom. The minimum Gasteiger partial charge on any atom is -0.479 e. The van der Waals surface area contributed by atoms with Gasteiger partial charge in [0.1, 0.15) is 5.75 Å². The van der Waals surface area contributed by atoms with E-state index in [0.29, 0.717) is 5.75 Å². The van der Waals surface area contributed by atoms with Crippen molar-refractivity contribution >= 4 is 28.6 Å². The molecule has 0 bridgehead atoms. The molecule has 1 atom stereocenters. The zero-order chi connectivity index (χ0) is 13.2. The summed E-state index contributed by atoms with van der Waals surface area (Å²) in [6, 6.07) is 7.81. The largest absolute Gasteiger partial charge is 0.479 e. The molecule has 0 spiro atoms. The van der Waals surface area contributed by atoms with E-state index in [2.05, 4.69) is 27.5 Å². The second kappa shape index (κ2) is 4.93. The first-order valence-corrected chi connectivity index (χ1v) is 7.03. The average Bonchev–Trinajstić information content (AvgIpc) is 2.91. The molecule has 0 aliphatic carbocycles. The number of benzene rings is 1. The normalized spacial score (nSPS) is 17.3. The van der Waals surface area contributed by atoms with Gasteiger partial charge in [-0.1, -0.05) is 0 Å². The van der Waals surface area contributed by atoms with Crippen LogP contribution >= 0.6 is 11.3 Å². The Labute approximate surface area is 115 Å². The number of nitrogens with one attached hydrogen (secondary N) is 2.